The quantitative estimate of drug-likeness (QED) is 0.0199. The summed E-state index contributed by atoms with van der Waals surface area (Å²) in [6, 6.07) is 21.6. The molecule has 0 spiro atoms. The largest absolute Gasteiger partial charge is 0.504 e. The molecule has 0 radical (unpaired) electrons. The first kappa shape index (κ1) is 72.0. The van der Waals surface area contributed by atoms with Crippen molar-refractivity contribution < 1.29 is 58.6 Å². The summed E-state index contributed by atoms with van der Waals surface area (Å²) in [6.07, 6.45) is 3.95. The fourth-order valence-corrected chi connectivity index (χ4v) is 10.7. The highest BCUT2D eigenvalue weighted by atomic mass is 35.5. The molecule has 0 aliphatic heterocycles. The number of rotatable bonds is 26. The van der Waals surface area contributed by atoms with E-state index in [-0.39, 0.29) is 86.5 Å². The van der Waals surface area contributed by atoms with E-state index in [1.54, 1.807) is 12.1 Å². The van der Waals surface area contributed by atoms with Gasteiger partial charge in [0.1, 0.15) is 23.0 Å². The molecule has 0 aliphatic carbocycles. The van der Waals surface area contributed by atoms with Gasteiger partial charge in [-0.3, -0.25) is 19.2 Å². The number of amides is 3. The molecule has 0 saturated carbocycles. The summed E-state index contributed by atoms with van der Waals surface area (Å²) in [4.78, 5) is 48.5. The molecule has 0 heterocycles. The molecule has 0 bridgehead atoms. The van der Waals surface area contributed by atoms with Crippen molar-refractivity contribution in [1.82, 2.24) is 0 Å². The fraction of sp³-hybridized carbons (Fsp3) is 0.385. The van der Waals surface area contributed by atoms with E-state index in [0.717, 1.165) is 40.7 Å². The lowest BCUT2D eigenvalue weighted by Crippen LogP contribution is -2.33. The van der Waals surface area contributed by atoms with Crippen LogP contribution in [0.2, 0.25) is 30.1 Å². The lowest BCUT2D eigenvalue weighted by atomic mass is 10.1. The summed E-state index contributed by atoms with van der Waals surface area (Å²) in [5.74, 6) is -0.292. The van der Waals surface area contributed by atoms with Crippen LogP contribution in [0.15, 0.2) is 72.8 Å². The third-order valence-corrected chi connectivity index (χ3v) is 15.6. The molecule has 3 amide bonds. The summed E-state index contributed by atoms with van der Waals surface area (Å²) < 4.78 is 23.2. The number of benzene rings is 6. The zero-order valence-corrected chi connectivity index (χ0v) is 54.6. The second kappa shape index (κ2) is 35.4. The molecular weight excluding hydrogens is 1230 g/mol. The van der Waals surface area contributed by atoms with E-state index >= 15 is 0 Å². The van der Waals surface area contributed by atoms with Gasteiger partial charge in [0.25, 0.3) is 11.8 Å². The van der Waals surface area contributed by atoms with Crippen molar-refractivity contribution in [3.8, 4) is 40.2 Å². The summed E-state index contributed by atoms with van der Waals surface area (Å²) in [5.41, 5.74) is 7.56. The first-order chi connectivity index (χ1) is 40.8. The van der Waals surface area contributed by atoms with Crippen LogP contribution >= 0.6 is 69.6 Å². The van der Waals surface area contributed by atoms with Crippen LogP contribution in [0.5, 0.6) is 40.2 Å². The third-order valence-electron chi connectivity index (χ3n) is 13.4. The number of aliphatic carboxylic acids is 1. The minimum atomic E-state index is -0.908. The maximum absolute atomic E-state index is 12.9. The van der Waals surface area contributed by atoms with Gasteiger partial charge >= 0.3 is 5.97 Å². The predicted octanol–water partition coefficient (Wildman–Crippen LogP) is 17.7. The molecule has 2 unspecified atom stereocenters. The number of phenols is 3. The zero-order valence-electron chi connectivity index (χ0n) is 50.1. The van der Waals surface area contributed by atoms with Gasteiger partial charge in [-0.25, -0.2) is 0 Å². The number of carbonyl (C=O) groups excluding carboxylic acids is 3. The summed E-state index contributed by atoms with van der Waals surface area (Å²) >= 11 is 37.2. The molecule has 0 aromatic heterocycles. The van der Waals surface area contributed by atoms with Crippen LogP contribution in [-0.2, 0) is 38.4 Å². The van der Waals surface area contributed by atoms with Gasteiger partial charge in [0.2, 0.25) is 5.91 Å². The Kier molecular flexibility index (Phi) is 29.6. The number of phenolic OH excluding ortho intramolecular Hbond substituents is 3. The van der Waals surface area contributed by atoms with Gasteiger partial charge in [-0.2, -0.15) is 0 Å². The molecule has 6 rings (SSSR count). The first-order valence-corrected chi connectivity index (χ1v) is 30.6. The molecule has 6 aromatic rings. The van der Waals surface area contributed by atoms with Crippen molar-refractivity contribution in [3.63, 3.8) is 0 Å². The predicted molar refractivity (Wildman–Crippen MR) is 347 cm³/mol. The van der Waals surface area contributed by atoms with Crippen LogP contribution in [0.3, 0.4) is 0 Å². The fourth-order valence-electron chi connectivity index (χ4n) is 8.65. The van der Waals surface area contributed by atoms with Crippen LogP contribution in [-0.4, -0.2) is 69.5 Å². The van der Waals surface area contributed by atoms with Crippen LogP contribution < -0.4 is 34.9 Å². The Morgan fingerprint density at radius 2 is 0.895 bits per heavy atom. The standard InChI is InChI=1S/C23H27Cl2NO6.C22H27Cl2NO3.C20H23Cl2NO3/c1-3-15-19(32-11-5-7-21(28)29)13-17(23(30)22(15)25)26-20(27)6-4-10-31-18-9-8-14(2)12-16(18)24;1-5-7-8-19(28-18-10-9-13(3)11-14(18)4)22(27)25-17-12-16(23)15(6-2)20(24)21(17)26;1-5-13-14(21)10-15(19(24)18(13)22)23-20(25)16(6-2)26-17-8-7-11(3)9-12(17)4/h8-9,12-13,30H,3-7,10-11H2,1-2H3,(H,26,27)(H,28,29);9-12,19,26H,5-8H2,1-4H3,(H,25,27);7-10,16,24H,5-6H2,1-4H3,(H,23,25). The monoisotopic (exact) mass is 1300 g/mol. The number of carboxylic acid groups (broad SMARTS) is 1. The highest BCUT2D eigenvalue weighted by molar-refractivity contribution is 6.38. The second-order valence-corrected chi connectivity index (χ2v) is 22.6. The highest BCUT2D eigenvalue weighted by Crippen LogP contribution is 2.43. The van der Waals surface area contributed by atoms with Crippen molar-refractivity contribution in [2.75, 3.05) is 29.2 Å². The molecule has 0 saturated heterocycles. The molecule has 7 N–H and O–H groups in total. The van der Waals surface area contributed by atoms with Crippen LogP contribution in [0, 0.1) is 34.6 Å². The number of halogens is 6. The third kappa shape index (κ3) is 21.2. The number of hydrogen-bond donors (Lipinski definition) is 7. The summed E-state index contributed by atoms with van der Waals surface area (Å²) in [6.45, 7) is 19.8. The molecule has 6 aromatic carbocycles. The van der Waals surface area contributed by atoms with Crippen molar-refractivity contribution in [2.24, 2.45) is 0 Å². The molecule has 2 atom stereocenters. The maximum atomic E-state index is 12.9. The smallest absolute Gasteiger partial charge is 0.303 e. The van der Waals surface area contributed by atoms with Crippen molar-refractivity contribution in [2.45, 2.75) is 152 Å². The van der Waals surface area contributed by atoms with Gasteiger partial charge in [-0.05, 0) is 150 Å². The first-order valence-electron chi connectivity index (χ1n) is 28.4. The molecular formula is C65H77Cl6N3O12. The number of unbranched alkanes of at least 4 members (excludes halogenated alkanes) is 1. The average Bonchev–Trinajstić information content (AvgIpc) is 3.18. The van der Waals surface area contributed by atoms with Gasteiger partial charge in [0, 0.05) is 34.5 Å². The summed E-state index contributed by atoms with van der Waals surface area (Å²) in [7, 11) is 0. The van der Waals surface area contributed by atoms with E-state index in [2.05, 4.69) is 22.9 Å². The minimum absolute atomic E-state index is 0.0211. The number of nitrogens with one attached hydrogen (secondary N) is 3. The van der Waals surface area contributed by atoms with Crippen LogP contribution in [0.1, 0.15) is 130 Å². The van der Waals surface area contributed by atoms with E-state index in [0.29, 0.717) is 106 Å². The number of aryl methyl sites for hydroxylation is 5. The molecule has 0 fully saturated rings. The Labute approximate surface area is 534 Å². The Bertz CT molecular complexity index is 3320. The minimum Gasteiger partial charge on any atom is -0.504 e. The zero-order chi connectivity index (χ0) is 63.9. The van der Waals surface area contributed by atoms with Crippen LogP contribution in [0.25, 0.3) is 0 Å². The van der Waals surface area contributed by atoms with E-state index in [9.17, 15) is 34.5 Å². The van der Waals surface area contributed by atoms with Crippen molar-refractivity contribution >= 4 is 110 Å². The van der Waals surface area contributed by atoms with Gasteiger partial charge in [-0.15, -0.1) is 0 Å². The number of hydrogen-bond acceptors (Lipinski definition) is 11. The van der Waals surface area contributed by atoms with Gasteiger partial charge in [0.15, 0.2) is 29.5 Å². The Morgan fingerprint density at radius 1 is 0.477 bits per heavy atom. The molecule has 0 aliphatic rings. The Balaban J connectivity index is 0.000000278. The van der Waals surface area contributed by atoms with Crippen molar-refractivity contribution in [3.05, 3.63) is 147 Å². The maximum Gasteiger partial charge on any atom is 0.303 e. The molecule has 466 valence electrons. The van der Waals surface area contributed by atoms with Gasteiger partial charge < -0.3 is 55.3 Å². The van der Waals surface area contributed by atoms with E-state index in [1.807, 2.05) is 105 Å². The highest BCUT2D eigenvalue weighted by Gasteiger charge is 2.26. The normalized spacial score (nSPS) is 11.4. The van der Waals surface area contributed by atoms with Gasteiger partial charge in [0.05, 0.1) is 50.4 Å². The number of carboxylic acids is 1. The molecule has 21 heteroatoms. The van der Waals surface area contributed by atoms with Gasteiger partial charge in [-0.1, -0.05) is 152 Å². The lowest BCUT2D eigenvalue weighted by molar-refractivity contribution is -0.137. The Hall–Kier alpha value is -6.46. The SMILES string of the molecule is CCCCC(Oc1ccc(C)cc1C)C(=O)Nc1cc(Cl)c(CC)c(Cl)c1O.CCc1c(Cl)cc(NC(=O)C(CC)Oc2ccc(C)cc2C)c(O)c1Cl.CCc1c(OCCCC(=O)O)cc(NC(=O)CCCOc2ccc(C)cc2Cl)c(O)c1Cl. The lowest BCUT2D eigenvalue weighted by Gasteiger charge is -2.21. The summed E-state index contributed by atoms with van der Waals surface area (Å²) in [5, 5.41) is 49.5. The Morgan fingerprint density at radius 3 is 1.34 bits per heavy atom. The molecule has 86 heavy (non-hydrogen) atoms. The van der Waals surface area contributed by atoms with Crippen LogP contribution in [0.4, 0.5) is 17.1 Å². The van der Waals surface area contributed by atoms with E-state index < -0.39 is 18.2 Å². The topological polar surface area (TPSA) is 222 Å². The van der Waals surface area contributed by atoms with E-state index in [1.165, 1.54) is 18.2 Å². The number of aromatic hydroxyl groups is 3. The second-order valence-electron chi connectivity index (χ2n) is 20.3. The van der Waals surface area contributed by atoms with Crippen molar-refractivity contribution in [1.29, 1.82) is 0 Å². The number of anilines is 3. The molecule has 15 nitrogen and oxygen atoms in total. The number of ether oxygens (including phenoxy) is 4. The average molecular weight is 1310 g/mol. The van der Waals surface area contributed by atoms with E-state index in [4.69, 9.17) is 93.7 Å². The number of carbonyl (C=O) groups is 4.